The van der Waals surface area contributed by atoms with Gasteiger partial charge in [0.1, 0.15) is 0 Å². The van der Waals surface area contributed by atoms with Crippen LogP contribution in [0.4, 0.5) is 5.13 Å². The Labute approximate surface area is 124 Å². The number of aromatic nitrogens is 1. The first-order valence-electron chi connectivity index (χ1n) is 7.23. The van der Waals surface area contributed by atoms with Crippen LogP contribution in [0.3, 0.4) is 0 Å². The van der Waals surface area contributed by atoms with Gasteiger partial charge in [0.2, 0.25) is 0 Å². The molecule has 1 unspecified atom stereocenters. The lowest BCUT2D eigenvalue weighted by atomic mass is 10.2. The Hall–Kier alpha value is -1.14. The van der Waals surface area contributed by atoms with Crippen LogP contribution in [0.1, 0.15) is 37.2 Å². The molecule has 0 radical (unpaired) electrons. The zero-order valence-corrected chi connectivity index (χ0v) is 13.3. The number of anilines is 1. The fourth-order valence-electron chi connectivity index (χ4n) is 2.54. The second-order valence-electron chi connectivity index (χ2n) is 5.11. The molecule has 1 aliphatic heterocycles. The minimum Gasteiger partial charge on any atom is -0.461 e. The van der Waals surface area contributed by atoms with Gasteiger partial charge >= 0.3 is 5.97 Å². The van der Waals surface area contributed by atoms with Crippen molar-refractivity contribution in [1.82, 2.24) is 9.88 Å². The fourth-order valence-corrected chi connectivity index (χ4v) is 3.43. The van der Waals surface area contributed by atoms with Crippen molar-refractivity contribution in [3.05, 3.63) is 11.1 Å². The molecule has 112 valence electrons. The van der Waals surface area contributed by atoms with E-state index >= 15 is 0 Å². The minimum absolute atomic E-state index is 0.324. The van der Waals surface area contributed by atoms with E-state index in [9.17, 15) is 4.79 Å². The topological polar surface area (TPSA) is 45.7 Å². The highest BCUT2D eigenvalue weighted by molar-refractivity contribution is 7.13. The van der Waals surface area contributed by atoms with Gasteiger partial charge in [0.25, 0.3) is 0 Å². The van der Waals surface area contributed by atoms with E-state index in [1.165, 1.54) is 11.3 Å². The number of hydrogen-bond donors (Lipinski definition) is 0. The van der Waals surface area contributed by atoms with Crippen LogP contribution < -0.4 is 4.90 Å². The molecule has 1 aromatic rings. The molecule has 5 nitrogen and oxygen atoms in total. The average molecular weight is 297 g/mol. The van der Waals surface area contributed by atoms with Crippen molar-refractivity contribution < 1.29 is 9.53 Å². The number of thiazole rings is 1. The molecule has 2 rings (SSSR count). The van der Waals surface area contributed by atoms with Crippen LogP contribution in [-0.2, 0) is 4.74 Å². The third-order valence-corrected chi connectivity index (χ3v) is 4.47. The zero-order valence-electron chi connectivity index (χ0n) is 12.5. The molecule has 0 aromatic carbocycles. The maximum absolute atomic E-state index is 11.7. The number of ether oxygens (including phenoxy) is 1. The molecule has 20 heavy (non-hydrogen) atoms. The van der Waals surface area contributed by atoms with Gasteiger partial charge in [-0.05, 0) is 33.4 Å². The lowest BCUT2D eigenvalue weighted by Gasteiger charge is -2.29. The van der Waals surface area contributed by atoms with Crippen molar-refractivity contribution in [2.75, 3.05) is 38.2 Å². The van der Waals surface area contributed by atoms with Crippen molar-refractivity contribution in [2.45, 2.75) is 32.7 Å². The Morgan fingerprint density at radius 1 is 1.50 bits per heavy atom. The number of hydrogen-bond acceptors (Lipinski definition) is 6. The largest absolute Gasteiger partial charge is 0.461 e. The first-order valence-corrected chi connectivity index (χ1v) is 8.11. The molecular formula is C14H23N3O2S. The summed E-state index contributed by atoms with van der Waals surface area (Å²) in [6, 6.07) is 0.462. The molecular weight excluding hydrogens is 274 g/mol. The van der Waals surface area contributed by atoms with Gasteiger partial charge < -0.3 is 14.5 Å². The standard InChI is InChI=1S/C14H23N3O2S/c1-4-11-9-16(3)7-6-8-17(11)14-15-12(10-20-14)13(18)19-5-2/h10-11H,4-9H2,1-3H3. The minimum atomic E-state index is -0.324. The summed E-state index contributed by atoms with van der Waals surface area (Å²) in [5.74, 6) is -0.324. The average Bonchev–Trinajstić information content (AvgIpc) is 2.84. The first-order chi connectivity index (χ1) is 9.65. The van der Waals surface area contributed by atoms with Gasteiger partial charge in [0.15, 0.2) is 10.8 Å². The van der Waals surface area contributed by atoms with Gasteiger partial charge in [-0.3, -0.25) is 0 Å². The van der Waals surface area contributed by atoms with Crippen LogP contribution in [0, 0.1) is 0 Å². The van der Waals surface area contributed by atoms with Gasteiger partial charge in [-0.1, -0.05) is 6.92 Å². The van der Waals surface area contributed by atoms with Gasteiger partial charge in [0.05, 0.1) is 6.61 Å². The predicted octanol–water partition coefficient (Wildman–Crippen LogP) is 2.24. The van der Waals surface area contributed by atoms with E-state index in [0.717, 1.165) is 37.6 Å². The third kappa shape index (κ3) is 3.49. The van der Waals surface area contributed by atoms with Crippen molar-refractivity contribution in [2.24, 2.45) is 0 Å². The van der Waals surface area contributed by atoms with Crippen molar-refractivity contribution in [3.63, 3.8) is 0 Å². The van der Waals surface area contributed by atoms with E-state index in [0.29, 0.717) is 18.3 Å². The van der Waals surface area contributed by atoms with Crippen molar-refractivity contribution in [1.29, 1.82) is 0 Å². The molecule has 6 heteroatoms. The summed E-state index contributed by atoms with van der Waals surface area (Å²) in [6.07, 6.45) is 2.21. The third-order valence-electron chi connectivity index (χ3n) is 3.60. The highest BCUT2D eigenvalue weighted by atomic mass is 32.1. The first kappa shape index (κ1) is 15.3. The van der Waals surface area contributed by atoms with Crippen LogP contribution in [0.5, 0.6) is 0 Å². The molecule has 1 atom stereocenters. The van der Waals surface area contributed by atoms with Crippen molar-refractivity contribution >= 4 is 22.4 Å². The lowest BCUT2D eigenvalue weighted by Crippen LogP contribution is -2.39. The van der Waals surface area contributed by atoms with E-state index < -0.39 is 0 Å². The quantitative estimate of drug-likeness (QED) is 0.798. The van der Waals surface area contributed by atoms with Gasteiger partial charge in [-0.2, -0.15) is 0 Å². The van der Waals surface area contributed by atoms with Crippen LogP contribution in [-0.4, -0.2) is 55.2 Å². The van der Waals surface area contributed by atoms with Crippen LogP contribution >= 0.6 is 11.3 Å². The summed E-state index contributed by atoms with van der Waals surface area (Å²) in [7, 11) is 2.16. The number of rotatable bonds is 4. The normalized spacial score (nSPS) is 20.8. The number of carbonyl (C=O) groups is 1. The van der Waals surface area contributed by atoms with Crippen LogP contribution in [0.25, 0.3) is 0 Å². The summed E-state index contributed by atoms with van der Waals surface area (Å²) in [4.78, 5) is 20.9. The molecule has 0 bridgehead atoms. The number of esters is 1. The summed E-state index contributed by atoms with van der Waals surface area (Å²) < 4.78 is 5.00. The summed E-state index contributed by atoms with van der Waals surface area (Å²) in [6.45, 7) is 7.56. The molecule has 0 N–H and O–H groups in total. The number of likely N-dealkylation sites (N-methyl/N-ethyl adjacent to an activating group) is 1. The number of nitrogens with zero attached hydrogens (tertiary/aromatic N) is 3. The molecule has 1 saturated heterocycles. The summed E-state index contributed by atoms with van der Waals surface area (Å²) in [5.41, 5.74) is 0.430. The van der Waals surface area contributed by atoms with Gasteiger partial charge in [-0.15, -0.1) is 11.3 Å². The van der Waals surface area contributed by atoms with E-state index in [1.54, 1.807) is 5.38 Å². The Morgan fingerprint density at radius 2 is 2.30 bits per heavy atom. The zero-order chi connectivity index (χ0) is 14.5. The molecule has 0 amide bonds. The van der Waals surface area contributed by atoms with Crippen LogP contribution in [0.2, 0.25) is 0 Å². The maximum Gasteiger partial charge on any atom is 0.357 e. The van der Waals surface area contributed by atoms with Gasteiger partial charge in [0, 0.05) is 24.5 Å². The molecule has 2 heterocycles. The lowest BCUT2D eigenvalue weighted by molar-refractivity contribution is 0.0520. The Kier molecular flexibility index (Phi) is 5.37. The Morgan fingerprint density at radius 3 is 3.00 bits per heavy atom. The fraction of sp³-hybridized carbons (Fsp3) is 0.714. The molecule has 1 aromatic heterocycles. The van der Waals surface area contributed by atoms with E-state index in [4.69, 9.17) is 4.74 Å². The molecule has 0 aliphatic carbocycles. The Bertz CT molecular complexity index is 449. The van der Waals surface area contributed by atoms with Crippen LogP contribution in [0.15, 0.2) is 5.38 Å². The van der Waals surface area contributed by atoms with Gasteiger partial charge in [-0.25, -0.2) is 9.78 Å². The maximum atomic E-state index is 11.7. The number of carbonyl (C=O) groups excluding carboxylic acids is 1. The molecule has 1 fully saturated rings. The monoisotopic (exact) mass is 297 g/mol. The Balaban J connectivity index is 2.14. The molecule has 0 spiro atoms. The predicted molar refractivity (Wildman–Crippen MR) is 81.6 cm³/mol. The van der Waals surface area contributed by atoms with Crippen molar-refractivity contribution in [3.8, 4) is 0 Å². The summed E-state index contributed by atoms with van der Waals surface area (Å²) in [5, 5.41) is 2.74. The smallest absolute Gasteiger partial charge is 0.357 e. The molecule has 0 saturated carbocycles. The van der Waals surface area contributed by atoms with E-state index in [1.807, 2.05) is 6.92 Å². The van der Waals surface area contributed by atoms with E-state index in [2.05, 4.69) is 28.8 Å². The second-order valence-corrected chi connectivity index (χ2v) is 5.94. The second kappa shape index (κ2) is 7.04. The van der Waals surface area contributed by atoms with E-state index in [-0.39, 0.29) is 5.97 Å². The summed E-state index contributed by atoms with van der Waals surface area (Å²) >= 11 is 1.54. The highest BCUT2D eigenvalue weighted by Gasteiger charge is 2.25. The highest BCUT2D eigenvalue weighted by Crippen LogP contribution is 2.26. The SMILES string of the molecule is CCOC(=O)c1csc(N2CCCN(C)CC2CC)n1. The molecule has 1 aliphatic rings.